The number of pyridine rings is 1. The van der Waals surface area contributed by atoms with Crippen LogP contribution in [0, 0.1) is 0 Å². The van der Waals surface area contributed by atoms with E-state index in [0.717, 1.165) is 38.0 Å². The van der Waals surface area contributed by atoms with Crippen molar-refractivity contribution in [2.45, 2.75) is 32.6 Å². The number of amides is 1. The fourth-order valence-electron chi connectivity index (χ4n) is 2.50. The first-order valence-electron chi connectivity index (χ1n) is 8.70. The Balaban J connectivity index is 1.76. The second-order valence-electron chi connectivity index (χ2n) is 6.03. The zero-order valence-corrected chi connectivity index (χ0v) is 14.7. The summed E-state index contributed by atoms with van der Waals surface area (Å²) in [5.74, 6) is 0.849. The number of hydrogen-bond acceptors (Lipinski definition) is 3. The molecule has 0 aliphatic carbocycles. The minimum Gasteiger partial charge on any atom is -0.360 e. The van der Waals surface area contributed by atoms with Gasteiger partial charge in [0.25, 0.3) is 5.91 Å². The molecule has 0 atom stereocenters. The van der Waals surface area contributed by atoms with Gasteiger partial charge in [-0.1, -0.05) is 43.7 Å². The molecule has 0 aliphatic rings. The van der Waals surface area contributed by atoms with E-state index in [-0.39, 0.29) is 5.91 Å². The Labute approximate surface area is 144 Å². The Hall–Kier alpha value is -2.36. The molecule has 4 nitrogen and oxygen atoms in total. The predicted octanol–water partition coefficient (Wildman–Crippen LogP) is 3.68. The van der Waals surface area contributed by atoms with Crippen LogP contribution in [0.5, 0.6) is 0 Å². The van der Waals surface area contributed by atoms with Crippen LogP contribution in [0.1, 0.15) is 42.1 Å². The summed E-state index contributed by atoms with van der Waals surface area (Å²) < 4.78 is 0. The highest BCUT2D eigenvalue weighted by molar-refractivity contribution is 5.94. The summed E-state index contributed by atoms with van der Waals surface area (Å²) in [7, 11) is 2.03. The number of unbranched alkanes of at least 4 members (excludes halogenated alkanes) is 1. The highest BCUT2D eigenvalue weighted by Crippen LogP contribution is 2.10. The van der Waals surface area contributed by atoms with Crippen molar-refractivity contribution in [2.24, 2.45) is 0 Å². The third-order valence-electron chi connectivity index (χ3n) is 4.02. The lowest BCUT2D eigenvalue weighted by Gasteiger charge is -2.17. The summed E-state index contributed by atoms with van der Waals surface area (Å²) in [5, 5.41) is 2.96. The molecule has 4 heteroatoms. The van der Waals surface area contributed by atoms with Crippen LogP contribution < -0.4 is 10.2 Å². The van der Waals surface area contributed by atoms with Crippen molar-refractivity contribution in [1.29, 1.82) is 0 Å². The first kappa shape index (κ1) is 18.0. The van der Waals surface area contributed by atoms with E-state index in [2.05, 4.69) is 34.3 Å². The molecule has 1 N–H and O–H groups in total. The van der Waals surface area contributed by atoms with Gasteiger partial charge in [0.2, 0.25) is 0 Å². The molecule has 0 spiro atoms. The number of hydrogen-bond donors (Lipinski definition) is 1. The number of nitrogens with zero attached hydrogens (tertiary/aromatic N) is 2. The van der Waals surface area contributed by atoms with E-state index < -0.39 is 0 Å². The monoisotopic (exact) mass is 325 g/mol. The van der Waals surface area contributed by atoms with E-state index >= 15 is 0 Å². The molecule has 1 amide bonds. The van der Waals surface area contributed by atoms with Crippen LogP contribution in [0.15, 0.2) is 48.7 Å². The van der Waals surface area contributed by atoms with Gasteiger partial charge in [0, 0.05) is 26.3 Å². The van der Waals surface area contributed by atoms with Crippen molar-refractivity contribution in [3.05, 3.63) is 59.8 Å². The number of aryl methyl sites for hydroxylation is 1. The molecule has 1 aromatic heterocycles. The molecule has 1 aromatic carbocycles. The number of nitrogens with one attached hydrogen (secondary N) is 1. The number of carbonyl (C=O) groups is 1. The molecule has 2 rings (SSSR count). The van der Waals surface area contributed by atoms with Gasteiger partial charge in [0.1, 0.15) is 5.82 Å². The zero-order chi connectivity index (χ0) is 17.2. The lowest BCUT2D eigenvalue weighted by Crippen LogP contribution is -2.25. The maximum Gasteiger partial charge on any atom is 0.252 e. The SMILES string of the molecule is CCCCN(C)c1ccc(C(=O)NCCCc2ccccc2)cn1. The molecule has 1 heterocycles. The smallest absolute Gasteiger partial charge is 0.252 e. The van der Waals surface area contributed by atoms with Gasteiger partial charge < -0.3 is 10.2 Å². The van der Waals surface area contributed by atoms with Crippen molar-refractivity contribution >= 4 is 11.7 Å². The van der Waals surface area contributed by atoms with E-state index in [1.54, 1.807) is 6.20 Å². The first-order valence-corrected chi connectivity index (χ1v) is 8.70. The number of aromatic nitrogens is 1. The number of carbonyl (C=O) groups excluding carboxylic acids is 1. The third-order valence-corrected chi connectivity index (χ3v) is 4.02. The van der Waals surface area contributed by atoms with Gasteiger partial charge in [-0.3, -0.25) is 4.79 Å². The van der Waals surface area contributed by atoms with E-state index in [4.69, 9.17) is 0 Å². The number of rotatable bonds is 9. The van der Waals surface area contributed by atoms with Crippen LogP contribution in [-0.4, -0.2) is 31.0 Å². The normalized spacial score (nSPS) is 10.4. The highest BCUT2D eigenvalue weighted by Gasteiger charge is 2.07. The molecular weight excluding hydrogens is 298 g/mol. The largest absolute Gasteiger partial charge is 0.360 e. The molecule has 0 bridgehead atoms. The summed E-state index contributed by atoms with van der Waals surface area (Å²) >= 11 is 0. The molecule has 0 radical (unpaired) electrons. The maximum absolute atomic E-state index is 12.1. The van der Waals surface area contributed by atoms with Gasteiger partial charge in [0.15, 0.2) is 0 Å². The predicted molar refractivity (Wildman–Crippen MR) is 99.5 cm³/mol. The molecule has 0 saturated heterocycles. The van der Waals surface area contributed by atoms with Gasteiger partial charge in [-0.15, -0.1) is 0 Å². The number of benzene rings is 1. The molecule has 0 aliphatic heterocycles. The molecule has 128 valence electrons. The van der Waals surface area contributed by atoms with Gasteiger partial charge in [-0.2, -0.15) is 0 Å². The highest BCUT2D eigenvalue weighted by atomic mass is 16.1. The molecule has 24 heavy (non-hydrogen) atoms. The maximum atomic E-state index is 12.1. The molecule has 2 aromatic rings. The van der Waals surface area contributed by atoms with Gasteiger partial charge >= 0.3 is 0 Å². The van der Waals surface area contributed by atoms with Crippen LogP contribution in [0.2, 0.25) is 0 Å². The summed E-state index contributed by atoms with van der Waals surface area (Å²) in [6.07, 6.45) is 5.86. The molecule has 0 unspecified atom stereocenters. The van der Waals surface area contributed by atoms with Crippen LogP contribution >= 0.6 is 0 Å². The Bertz CT molecular complexity index is 611. The average Bonchev–Trinajstić information content (AvgIpc) is 2.64. The Morgan fingerprint density at radius 2 is 1.92 bits per heavy atom. The van der Waals surface area contributed by atoms with Gasteiger partial charge in [0.05, 0.1) is 5.56 Å². The van der Waals surface area contributed by atoms with Crippen molar-refractivity contribution in [2.75, 3.05) is 25.0 Å². The minimum atomic E-state index is -0.0571. The van der Waals surface area contributed by atoms with E-state index in [1.807, 2.05) is 37.4 Å². The lowest BCUT2D eigenvalue weighted by atomic mass is 10.1. The Kier molecular flexibility index (Phi) is 7.27. The van der Waals surface area contributed by atoms with E-state index in [0.29, 0.717) is 12.1 Å². The fourth-order valence-corrected chi connectivity index (χ4v) is 2.50. The first-order chi connectivity index (χ1) is 11.7. The van der Waals surface area contributed by atoms with Gasteiger partial charge in [-0.25, -0.2) is 4.98 Å². The number of anilines is 1. The Morgan fingerprint density at radius 1 is 1.12 bits per heavy atom. The zero-order valence-electron chi connectivity index (χ0n) is 14.7. The van der Waals surface area contributed by atoms with Crippen molar-refractivity contribution in [3.8, 4) is 0 Å². The quantitative estimate of drug-likeness (QED) is 0.715. The van der Waals surface area contributed by atoms with Crippen LogP contribution in [0.4, 0.5) is 5.82 Å². The Morgan fingerprint density at radius 3 is 2.58 bits per heavy atom. The molecule has 0 saturated carbocycles. The summed E-state index contributed by atoms with van der Waals surface area (Å²) in [6.45, 7) is 3.83. The summed E-state index contributed by atoms with van der Waals surface area (Å²) in [6, 6.07) is 14.1. The second kappa shape index (κ2) is 9.71. The molecular formula is C20H27N3O. The topological polar surface area (TPSA) is 45.2 Å². The third kappa shape index (κ3) is 5.69. The van der Waals surface area contributed by atoms with Gasteiger partial charge in [-0.05, 0) is 37.0 Å². The average molecular weight is 325 g/mol. The second-order valence-corrected chi connectivity index (χ2v) is 6.03. The van der Waals surface area contributed by atoms with Crippen molar-refractivity contribution < 1.29 is 4.79 Å². The van der Waals surface area contributed by atoms with Crippen LogP contribution in [0.25, 0.3) is 0 Å². The van der Waals surface area contributed by atoms with E-state index in [9.17, 15) is 4.79 Å². The van der Waals surface area contributed by atoms with Crippen LogP contribution in [-0.2, 0) is 6.42 Å². The molecule has 0 fully saturated rings. The van der Waals surface area contributed by atoms with Crippen molar-refractivity contribution in [3.63, 3.8) is 0 Å². The summed E-state index contributed by atoms with van der Waals surface area (Å²) in [4.78, 5) is 18.7. The summed E-state index contributed by atoms with van der Waals surface area (Å²) in [5.41, 5.74) is 1.91. The van der Waals surface area contributed by atoms with Crippen LogP contribution in [0.3, 0.4) is 0 Å². The fraction of sp³-hybridized carbons (Fsp3) is 0.400. The minimum absolute atomic E-state index is 0.0571. The lowest BCUT2D eigenvalue weighted by molar-refractivity contribution is 0.0953. The van der Waals surface area contributed by atoms with Crippen molar-refractivity contribution in [1.82, 2.24) is 10.3 Å². The standard InChI is InChI=1S/C20H27N3O/c1-3-4-15-23(2)19-13-12-18(16-22-19)20(24)21-14-8-11-17-9-6-5-7-10-17/h5-7,9-10,12-13,16H,3-4,8,11,14-15H2,1-2H3,(H,21,24). The van der Waals surface area contributed by atoms with E-state index in [1.165, 1.54) is 5.56 Å².